The van der Waals surface area contributed by atoms with Gasteiger partial charge in [0.15, 0.2) is 0 Å². The van der Waals surface area contributed by atoms with Gasteiger partial charge in [0.05, 0.1) is 12.0 Å². The van der Waals surface area contributed by atoms with Gasteiger partial charge in [-0.05, 0) is 56.5 Å². The normalized spacial score (nSPS) is 22.6. The number of carbonyl (C=O) groups is 1. The summed E-state index contributed by atoms with van der Waals surface area (Å²) in [6.45, 7) is 4.60. The summed E-state index contributed by atoms with van der Waals surface area (Å²) in [5.41, 5.74) is 1.98. The van der Waals surface area contributed by atoms with Crippen molar-refractivity contribution in [3.8, 4) is 6.07 Å². The molecular formula is C20H27N3O. The molecule has 1 aromatic carbocycles. The number of hydrogen-bond acceptors (Lipinski definition) is 3. The van der Waals surface area contributed by atoms with Crippen molar-refractivity contribution in [2.24, 2.45) is 5.92 Å². The summed E-state index contributed by atoms with van der Waals surface area (Å²) in [7, 11) is 0. The van der Waals surface area contributed by atoms with E-state index in [4.69, 9.17) is 5.26 Å². The monoisotopic (exact) mass is 325 g/mol. The topological polar surface area (TPSA) is 47.3 Å². The molecule has 0 aliphatic carbocycles. The minimum absolute atomic E-state index is 0.0111. The first-order chi connectivity index (χ1) is 11.8. The maximum absolute atomic E-state index is 12.8. The molecule has 24 heavy (non-hydrogen) atoms. The molecule has 2 heterocycles. The van der Waals surface area contributed by atoms with Crippen molar-refractivity contribution >= 4 is 5.91 Å². The van der Waals surface area contributed by atoms with Crippen molar-refractivity contribution in [1.29, 1.82) is 5.26 Å². The summed E-state index contributed by atoms with van der Waals surface area (Å²) >= 11 is 0. The number of amides is 1. The van der Waals surface area contributed by atoms with Crippen molar-refractivity contribution in [3.05, 3.63) is 35.4 Å². The highest BCUT2D eigenvalue weighted by Crippen LogP contribution is 2.19. The van der Waals surface area contributed by atoms with Crippen LogP contribution in [0.4, 0.5) is 0 Å². The lowest BCUT2D eigenvalue weighted by atomic mass is 9.98. The Bertz CT molecular complexity index is 599. The van der Waals surface area contributed by atoms with Crippen LogP contribution < -0.4 is 0 Å². The highest BCUT2D eigenvalue weighted by molar-refractivity contribution is 5.94. The Kier molecular flexibility index (Phi) is 5.87. The molecule has 0 spiro atoms. The molecule has 2 aliphatic heterocycles. The molecule has 2 fully saturated rings. The Labute approximate surface area is 145 Å². The zero-order valence-corrected chi connectivity index (χ0v) is 14.4. The van der Waals surface area contributed by atoms with Crippen molar-refractivity contribution in [1.82, 2.24) is 9.80 Å². The van der Waals surface area contributed by atoms with Gasteiger partial charge in [0, 0.05) is 25.2 Å². The average molecular weight is 325 g/mol. The second kappa shape index (κ2) is 8.30. The molecule has 4 heteroatoms. The summed E-state index contributed by atoms with van der Waals surface area (Å²) in [5, 5.41) is 9.12. The van der Waals surface area contributed by atoms with Crippen molar-refractivity contribution in [3.63, 3.8) is 0 Å². The van der Waals surface area contributed by atoms with Crippen molar-refractivity contribution in [2.45, 2.75) is 45.1 Å². The fourth-order valence-electron chi connectivity index (χ4n) is 3.80. The average Bonchev–Trinajstić information content (AvgIpc) is 2.90. The number of nitriles is 1. The number of rotatable bonds is 3. The van der Waals surface area contributed by atoms with E-state index in [0.717, 1.165) is 44.6 Å². The van der Waals surface area contributed by atoms with E-state index in [1.54, 1.807) is 0 Å². The first-order valence-electron chi connectivity index (χ1n) is 9.26. The Morgan fingerprint density at radius 3 is 2.67 bits per heavy atom. The number of hydrogen-bond donors (Lipinski definition) is 0. The molecule has 0 unspecified atom stereocenters. The fraction of sp³-hybridized carbons (Fsp3) is 0.600. The molecular weight excluding hydrogens is 298 g/mol. The highest BCUT2D eigenvalue weighted by atomic mass is 16.2. The molecule has 2 aliphatic rings. The van der Waals surface area contributed by atoms with Crippen LogP contribution in [0.5, 0.6) is 0 Å². The molecule has 2 saturated heterocycles. The van der Waals surface area contributed by atoms with E-state index in [0.29, 0.717) is 6.54 Å². The van der Waals surface area contributed by atoms with Crippen LogP contribution in [-0.2, 0) is 6.54 Å². The predicted molar refractivity (Wildman–Crippen MR) is 94.4 cm³/mol. The van der Waals surface area contributed by atoms with Crippen LogP contribution in [0.25, 0.3) is 0 Å². The third kappa shape index (κ3) is 4.36. The van der Waals surface area contributed by atoms with E-state index in [9.17, 15) is 4.79 Å². The molecule has 0 radical (unpaired) electrons. The number of carbonyl (C=O) groups excluding carboxylic acids is 1. The molecule has 1 aromatic rings. The summed E-state index contributed by atoms with van der Waals surface area (Å²) in [6.07, 6.45) is 7.07. The van der Waals surface area contributed by atoms with Gasteiger partial charge in [-0.2, -0.15) is 5.26 Å². The van der Waals surface area contributed by atoms with Gasteiger partial charge in [0.2, 0.25) is 0 Å². The van der Waals surface area contributed by atoms with Gasteiger partial charge in [-0.25, -0.2) is 0 Å². The van der Waals surface area contributed by atoms with Gasteiger partial charge in [0.1, 0.15) is 0 Å². The Balaban J connectivity index is 1.65. The van der Waals surface area contributed by atoms with E-state index >= 15 is 0 Å². The van der Waals surface area contributed by atoms with Crippen LogP contribution in [0, 0.1) is 17.2 Å². The smallest absolute Gasteiger partial charge is 0.253 e. The minimum Gasteiger partial charge on any atom is -0.337 e. The molecule has 0 saturated carbocycles. The Hall–Kier alpha value is -1.86. The molecule has 1 amide bonds. The zero-order valence-electron chi connectivity index (χ0n) is 14.4. The van der Waals surface area contributed by atoms with Gasteiger partial charge in [-0.1, -0.05) is 25.0 Å². The van der Waals surface area contributed by atoms with E-state index in [-0.39, 0.29) is 11.8 Å². The van der Waals surface area contributed by atoms with Gasteiger partial charge < -0.3 is 4.90 Å². The Morgan fingerprint density at radius 1 is 1.12 bits per heavy atom. The maximum atomic E-state index is 12.8. The summed E-state index contributed by atoms with van der Waals surface area (Å²) in [4.78, 5) is 17.1. The fourth-order valence-corrected chi connectivity index (χ4v) is 3.80. The number of benzene rings is 1. The quantitative estimate of drug-likeness (QED) is 0.855. The van der Waals surface area contributed by atoms with Crippen LogP contribution in [0.1, 0.15) is 54.4 Å². The minimum atomic E-state index is -0.0111. The molecule has 0 bridgehead atoms. The van der Waals surface area contributed by atoms with Gasteiger partial charge >= 0.3 is 0 Å². The maximum Gasteiger partial charge on any atom is 0.253 e. The largest absolute Gasteiger partial charge is 0.337 e. The second-order valence-electron chi connectivity index (χ2n) is 7.11. The lowest BCUT2D eigenvalue weighted by Gasteiger charge is -2.29. The van der Waals surface area contributed by atoms with E-state index < -0.39 is 0 Å². The molecule has 3 rings (SSSR count). The first-order valence-corrected chi connectivity index (χ1v) is 9.26. The summed E-state index contributed by atoms with van der Waals surface area (Å²) < 4.78 is 0. The van der Waals surface area contributed by atoms with Crippen molar-refractivity contribution in [2.75, 3.05) is 26.2 Å². The molecule has 0 N–H and O–H groups in total. The van der Waals surface area contributed by atoms with E-state index in [2.05, 4.69) is 17.0 Å². The van der Waals surface area contributed by atoms with E-state index in [1.807, 2.05) is 23.1 Å². The van der Waals surface area contributed by atoms with Gasteiger partial charge in [0.25, 0.3) is 5.91 Å². The lowest BCUT2D eigenvalue weighted by molar-refractivity contribution is 0.0698. The molecule has 4 nitrogen and oxygen atoms in total. The van der Waals surface area contributed by atoms with Crippen molar-refractivity contribution < 1.29 is 4.79 Å². The van der Waals surface area contributed by atoms with Gasteiger partial charge in [-0.3, -0.25) is 9.69 Å². The zero-order chi connectivity index (χ0) is 16.8. The van der Waals surface area contributed by atoms with Crippen LogP contribution in [0.2, 0.25) is 0 Å². The number of piperidine rings is 1. The van der Waals surface area contributed by atoms with Crippen LogP contribution in [0.3, 0.4) is 0 Å². The SMILES string of the molecule is N#C[C@@H]1CCCN(C(=O)c2cccc(CN3CCCCCC3)c2)C1. The second-order valence-corrected chi connectivity index (χ2v) is 7.11. The summed E-state index contributed by atoms with van der Waals surface area (Å²) in [5.74, 6) is 0.0654. The Morgan fingerprint density at radius 2 is 1.92 bits per heavy atom. The van der Waals surface area contributed by atoms with Crippen LogP contribution in [0.15, 0.2) is 24.3 Å². The van der Waals surface area contributed by atoms with Crippen LogP contribution >= 0.6 is 0 Å². The third-order valence-electron chi connectivity index (χ3n) is 5.17. The molecule has 0 aromatic heterocycles. The standard InChI is InChI=1S/C20H27N3O/c21-14-18-8-6-12-23(16-18)20(24)19-9-5-7-17(13-19)15-22-10-3-1-2-4-11-22/h5,7,9,13,18H,1-4,6,8,10-12,15-16H2/t18-/m0/s1. The number of likely N-dealkylation sites (tertiary alicyclic amines) is 2. The predicted octanol–water partition coefficient (Wildman–Crippen LogP) is 3.44. The van der Waals surface area contributed by atoms with Gasteiger partial charge in [-0.15, -0.1) is 0 Å². The molecule has 1 atom stereocenters. The molecule has 128 valence electrons. The first kappa shape index (κ1) is 17.0. The summed E-state index contributed by atoms with van der Waals surface area (Å²) in [6, 6.07) is 10.4. The lowest BCUT2D eigenvalue weighted by Crippen LogP contribution is -2.39. The van der Waals surface area contributed by atoms with Crippen LogP contribution in [-0.4, -0.2) is 41.9 Å². The third-order valence-corrected chi connectivity index (χ3v) is 5.17. The van der Waals surface area contributed by atoms with E-state index in [1.165, 1.54) is 31.2 Å². The highest BCUT2D eigenvalue weighted by Gasteiger charge is 2.24. The number of nitrogens with zero attached hydrogens (tertiary/aromatic N) is 3.